The van der Waals surface area contributed by atoms with Crippen LogP contribution in [0.5, 0.6) is 0 Å². The molecule has 8 nitrogen and oxygen atoms in total. The van der Waals surface area contributed by atoms with Crippen molar-refractivity contribution in [3.8, 4) is 0 Å². The van der Waals surface area contributed by atoms with Gasteiger partial charge in [0.2, 0.25) is 5.91 Å². The Hall–Kier alpha value is -2.48. The Bertz CT molecular complexity index is 662. The summed E-state index contributed by atoms with van der Waals surface area (Å²) >= 11 is 0. The fourth-order valence-corrected chi connectivity index (χ4v) is 3.08. The Labute approximate surface area is 140 Å². The number of rotatable bonds is 5. The van der Waals surface area contributed by atoms with Gasteiger partial charge in [-0.1, -0.05) is 0 Å². The van der Waals surface area contributed by atoms with Crippen LogP contribution in [0.2, 0.25) is 0 Å². The lowest BCUT2D eigenvalue weighted by Crippen LogP contribution is -2.55. The van der Waals surface area contributed by atoms with Gasteiger partial charge in [0.1, 0.15) is 12.4 Å². The number of piperidine rings is 1. The Morgan fingerprint density at radius 2 is 2.25 bits per heavy atom. The molecule has 1 fully saturated rings. The third-order valence-corrected chi connectivity index (χ3v) is 4.26. The van der Waals surface area contributed by atoms with Crippen LogP contribution < -0.4 is 4.90 Å². The number of likely N-dealkylation sites (N-methyl/N-ethyl adjacent to an activating group) is 1. The molecule has 8 heteroatoms. The highest BCUT2D eigenvalue weighted by molar-refractivity contribution is 5.75. The number of aromatic nitrogens is 4. The van der Waals surface area contributed by atoms with Crippen LogP contribution in [-0.4, -0.2) is 67.7 Å². The summed E-state index contributed by atoms with van der Waals surface area (Å²) in [4.78, 5) is 28.2. The zero-order valence-corrected chi connectivity index (χ0v) is 13.7. The minimum Gasteiger partial charge on any atom is -0.386 e. The molecular formula is C16H22N6O2. The Morgan fingerprint density at radius 3 is 2.96 bits per heavy atom. The normalized spacial score (nSPS) is 20.8. The van der Waals surface area contributed by atoms with Gasteiger partial charge in [-0.2, -0.15) is 0 Å². The second-order valence-electron chi connectivity index (χ2n) is 6.30. The summed E-state index contributed by atoms with van der Waals surface area (Å²) in [6.07, 6.45) is 11.5. The number of amides is 1. The lowest BCUT2D eigenvalue weighted by Gasteiger charge is -2.41. The third-order valence-electron chi connectivity index (χ3n) is 4.26. The second kappa shape index (κ2) is 6.96. The van der Waals surface area contributed by atoms with E-state index in [1.165, 1.54) is 0 Å². The van der Waals surface area contributed by atoms with Crippen molar-refractivity contribution in [1.82, 2.24) is 24.4 Å². The van der Waals surface area contributed by atoms with Crippen LogP contribution in [0.4, 0.5) is 5.82 Å². The minimum atomic E-state index is -0.949. The Balaban J connectivity index is 1.61. The fourth-order valence-electron chi connectivity index (χ4n) is 3.08. The Morgan fingerprint density at radius 1 is 1.38 bits per heavy atom. The Kier molecular flexibility index (Phi) is 4.75. The lowest BCUT2D eigenvalue weighted by atomic mass is 9.92. The number of anilines is 1. The number of hydrogen-bond donors (Lipinski definition) is 1. The molecule has 0 radical (unpaired) electrons. The van der Waals surface area contributed by atoms with E-state index in [4.69, 9.17) is 0 Å². The number of nitrogens with zero attached hydrogens (tertiary/aromatic N) is 6. The zero-order valence-electron chi connectivity index (χ0n) is 13.7. The third kappa shape index (κ3) is 3.88. The van der Waals surface area contributed by atoms with Crippen molar-refractivity contribution in [1.29, 1.82) is 0 Å². The topological polar surface area (TPSA) is 87.4 Å². The van der Waals surface area contributed by atoms with Crippen molar-refractivity contribution in [2.24, 2.45) is 0 Å². The first-order valence-electron chi connectivity index (χ1n) is 7.99. The predicted molar refractivity (Wildman–Crippen MR) is 88.3 cm³/mol. The van der Waals surface area contributed by atoms with Gasteiger partial charge in [0, 0.05) is 44.9 Å². The number of carbonyl (C=O) groups excluding carboxylic acids is 1. The second-order valence-corrected chi connectivity index (χ2v) is 6.30. The summed E-state index contributed by atoms with van der Waals surface area (Å²) < 4.78 is 1.72. The maximum Gasteiger partial charge on any atom is 0.242 e. The number of hydrogen-bond acceptors (Lipinski definition) is 6. The standard InChI is InChI=1S/C16H22N6O2/c1-20(15(23)10-21-8-6-18-13-21)11-16(24)3-2-7-22(12-16)14-9-17-4-5-19-14/h4-6,8-9,13,24H,2-3,7,10-12H2,1H3/t16-/m0/s1. The molecule has 1 atom stereocenters. The minimum absolute atomic E-state index is 0.0574. The van der Waals surface area contributed by atoms with Crippen molar-refractivity contribution in [2.75, 3.05) is 31.6 Å². The van der Waals surface area contributed by atoms with E-state index in [0.717, 1.165) is 18.8 Å². The van der Waals surface area contributed by atoms with Crippen molar-refractivity contribution in [3.63, 3.8) is 0 Å². The number of imidazole rings is 1. The molecule has 0 unspecified atom stereocenters. The highest BCUT2D eigenvalue weighted by Gasteiger charge is 2.35. The lowest BCUT2D eigenvalue weighted by molar-refractivity contribution is -0.134. The van der Waals surface area contributed by atoms with E-state index in [0.29, 0.717) is 13.0 Å². The monoisotopic (exact) mass is 330 g/mol. The summed E-state index contributed by atoms with van der Waals surface area (Å²) in [5, 5.41) is 10.9. The van der Waals surface area contributed by atoms with Crippen molar-refractivity contribution >= 4 is 11.7 Å². The van der Waals surface area contributed by atoms with E-state index >= 15 is 0 Å². The highest BCUT2D eigenvalue weighted by atomic mass is 16.3. The van der Waals surface area contributed by atoms with Gasteiger partial charge in [0.05, 0.1) is 24.7 Å². The molecule has 128 valence electrons. The van der Waals surface area contributed by atoms with Crippen LogP contribution in [0.3, 0.4) is 0 Å². The average Bonchev–Trinajstić information content (AvgIpc) is 3.08. The first kappa shape index (κ1) is 16.4. The summed E-state index contributed by atoms with van der Waals surface area (Å²) in [5.41, 5.74) is -0.949. The van der Waals surface area contributed by atoms with E-state index in [9.17, 15) is 9.90 Å². The van der Waals surface area contributed by atoms with Crippen molar-refractivity contribution < 1.29 is 9.90 Å². The van der Waals surface area contributed by atoms with Crippen molar-refractivity contribution in [3.05, 3.63) is 37.3 Å². The average molecular weight is 330 g/mol. The van der Waals surface area contributed by atoms with Gasteiger partial charge < -0.3 is 19.5 Å². The molecule has 3 heterocycles. The molecule has 2 aromatic heterocycles. The first-order chi connectivity index (χ1) is 11.6. The van der Waals surface area contributed by atoms with Crippen LogP contribution in [0.1, 0.15) is 12.8 Å². The SMILES string of the molecule is CN(C[C@@]1(O)CCCN(c2cnccn2)C1)C(=O)Cn1ccnc1. The molecule has 24 heavy (non-hydrogen) atoms. The molecule has 1 N–H and O–H groups in total. The van der Waals surface area contributed by atoms with Crippen LogP contribution in [-0.2, 0) is 11.3 Å². The molecule has 1 aliphatic rings. The molecule has 2 aromatic rings. The molecule has 0 aliphatic carbocycles. The first-order valence-corrected chi connectivity index (χ1v) is 7.99. The summed E-state index contributed by atoms with van der Waals surface area (Å²) in [6.45, 7) is 1.78. The van der Waals surface area contributed by atoms with Gasteiger partial charge in [0.15, 0.2) is 0 Å². The smallest absolute Gasteiger partial charge is 0.242 e. The number of carbonyl (C=O) groups is 1. The largest absolute Gasteiger partial charge is 0.386 e. The van der Waals surface area contributed by atoms with E-state index in [2.05, 4.69) is 15.0 Å². The molecule has 0 spiro atoms. The quantitative estimate of drug-likeness (QED) is 0.840. The molecule has 1 aliphatic heterocycles. The van der Waals surface area contributed by atoms with Crippen LogP contribution in [0.15, 0.2) is 37.3 Å². The molecular weight excluding hydrogens is 308 g/mol. The van der Waals surface area contributed by atoms with Crippen LogP contribution in [0.25, 0.3) is 0 Å². The molecule has 1 saturated heterocycles. The molecule has 1 amide bonds. The summed E-state index contributed by atoms with van der Waals surface area (Å²) in [6, 6.07) is 0. The molecule has 0 saturated carbocycles. The molecule has 0 aromatic carbocycles. The van der Waals surface area contributed by atoms with Gasteiger partial charge in [-0.3, -0.25) is 9.78 Å². The summed E-state index contributed by atoms with van der Waals surface area (Å²) in [5.74, 6) is 0.695. The van der Waals surface area contributed by atoms with E-state index in [-0.39, 0.29) is 19.0 Å². The van der Waals surface area contributed by atoms with Gasteiger partial charge in [-0.15, -0.1) is 0 Å². The predicted octanol–water partition coefficient (Wildman–Crippen LogP) is 0.163. The van der Waals surface area contributed by atoms with Crippen molar-refractivity contribution in [2.45, 2.75) is 25.0 Å². The van der Waals surface area contributed by atoms with Crippen LogP contribution in [0, 0.1) is 0 Å². The van der Waals surface area contributed by atoms with E-state index in [1.54, 1.807) is 53.8 Å². The van der Waals surface area contributed by atoms with Crippen LogP contribution >= 0.6 is 0 Å². The van der Waals surface area contributed by atoms with Gasteiger partial charge in [0.25, 0.3) is 0 Å². The maximum atomic E-state index is 12.3. The molecule has 3 rings (SSSR count). The maximum absolute atomic E-state index is 12.3. The fraction of sp³-hybridized carbons (Fsp3) is 0.500. The van der Waals surface area contributed by atoms with E-state index in [1.807, 2.05) is 4.90 Å². The zero-order chi connectivity index (χ0) is 17.0. The highest BCUT2D eigenvalue weighted by Crippen LogP contribution is 2.25. The summed E-state index contributed by atoms with van der Waals surface area (Å²) in [7, 11) is 1.72. The number of β-amino-alcohol motifs (C(OH)–C–C–N with tert-alkyl or cyclic N) is 1. The van der Waals surface area contributed by atoms with Gasteiger partial charge in [-0.25, -0.2) is 9.97 Å². The van der Waals surface area contributed by atoms with E-state index < -0.39 is 5.60 Å². The number of aliphatic hydroxyl groups is 1. The van der Waals surface area contributed by atoms with Gasteiger partial charge >= 0.3 is 0 Å². The van der Waals surface area contributed by atoms with Gasteiger partial charge in [-0.05, 0) is 12.8 Å². The molecule has 0 bridgehead atoms.